The molecule has 0 saturated carbocycles. The Morgan fingerprint density at radius 2 is 1.83 bits per heavy atom. The van der Waals surface area contributed by atoms with Crippen LogP contribution in [0.2, 0.25) is 0 Å². The van der Waals surface area contributed by atoms with Crippen molar-refractivity contribution in [1.82, 2.24) is 15.5 Å². The lowest BCUT2D eigenvalue weighted by Gasteiger charge is -2.30. The third kappa shape index (κ3) is 7.13. The zero-order valence-corrected chi connectivity index (χ0v) is 19.3. The summed E-state index contributed by atoms with van der Waals surface area (Å²) in [5.74, 6) is 0.769. The number of nitrogens with one attached hydrogen (secondary N) is 2. The van der Waals surface area contributed by atoms with Crippen LogP contribution in [0.5, 0.6) is 0 Å². The topological polar surface area (TPSA) is 73.8 Å². The maximum absolute atomic E-state index is 11.6. The summed E-state index contributed by atoms with van der Waals surface area (Å²) in [5, 5.41) is 11.1. The summed E-state index contributed by atoms with van der Waals surface area (Å²) in [7, 11) is -1.38. The first-order valence-corrected chi connectivity index (χ1v) is 12.7. The van der Waals surface area contributed by atoms with E-state index < -0.39 is 9.84 Å². The molecule has 6 nitrogen and oxygen atoms in total. The molecule has 2 rings (SSSR count). The number of likely N-dealkylation sites (N-methyl/N-ethyl adjacent to an activating group) is 1. The van der Waals surface area contributed by atoms with E-state index in [1.807, 2.05) is 12.1 Å². The molecule has 0 radical (unpaired) electrons. The largest absolute Gasteiger partial charge is 0.356 e. The summed E-state index contributed by atoms with van der Waals surface area (Å²) in [6.45, 7) is 7.85. The normalized spacial score (nSPS) is 13.5. The zero-order chi connectivity index (χ0) is 21.3. The number of aliphatic imine (C=N–C) groups is 1. The Balaban J connectivity index is 1.88. The highest BCUT2D eigenvalue weighted by Crippen LogP contribution is 2.22. The summed E-state index contributed by atoms with van der Waals surface area (Å²) >= 11 is 1.72. The monoisotopic (exact) mass is 436 g/mol. The zero-order valence-electron chi connectivity index (χ0n) is 17.7. The molecule has 8 heteroatoms. The number of hydrogen-bond donors (Lipinski definition) is 2. The van der Waals surface area contributed by atoms with E-state index in [1.54, 1.807) is 30.5 Å². The summed E-state index contributed by atoms with van der Waals surface area (Å²) in [5.41, 5.74) is 2.41. The highest BCUT2D eigenvalue weighted by atomic mass is 32.2. The van der Waals surface area contributed by atoms with Gasteiger partial charge in [0.2, 0.25) is 0 Å². The number of rotatable bonds is 10. The molecule has 0 saturated heterocycles. The second kappa shape index (κ2) is 11.3. The van der Waals surface area contributed by atoms with Gasteiger partial charge >= 0.3 is 0 Å². The minimum atomic E-state index is -3.15. The van der Waals surface area contributed by atoms with Crippen LogP contribution < -0.4 is 10.6 Å². The minimum Gasteiger partial charge on any atom is -0.356 e. The molecule has 160 valence electrons. The molecule has 1 aromatic heterocycles. The average Bonchev–Trinajstić information content (AvgIpc) is 3.23. The van der Waals surface area contributed by atoms with E-state index in [9.17, 15) is 8.42 Å². The number of benzene rings is 1. The van der Waals surface area contributed by atoms with Crippen LogP contribution >= 0.6 is 11.3 Å². The molecule has 0 amide bonds. The van der Waals surface area contributed by atoms with Crippen molar-refractivity contribution in [3.63, 3.8) is 0 Å². The maximum atomic E-state index is 11.6. The van der Waals surface area contributed by atoms with Crippen LogP contribution in [0.15, 0.2) is 51.0 Å². The summed E-state index contributed by atoms with van der Waals surface area (Å²) in [6, 6.07) is 9.53. The highest BCUT2D eigenvalue weighted by molar-refractivity contribution is 7.90. The van der Waals surface area contributed by atoms with Gasteiger partial charge < -0.3 is 10.6 Å². The second-order valence-corrected chi connectivity index (χ2v) is 9.64. The van der Waals surface area contributed by atoms with Gasteiger partial charge in [0, 0.05) is 26.4 Å². The second-order valence-electron chi connectivity index (χ2n) is 6.84. The van der Waals surface area contributed by atoms with E-state index in [0.717, 1.165) is 37.6 Å². The Kier molecular flexibility index (Phi) is 9.13. The molecule has 1 aromatic carbocycles. The van der Waals surface area contributed by atoms with Crippen molar-refractivity contribution in [1.29, 1.82) is 0 Å². The number of hydrogen-bond acceptors (Lipinski definition) is 5. The van der Waals surface area contributed by atoms with Gasteiger partial charge in [-0.2, -0.15) is 11.3 Å². The van der Waals surface area contributed by atoms with Crippen LogP contribution in [0.4, 0.5) is 0 Å². The number of thiophene rings is 1. The van der Waals surface area contributed by atoms with Gasteiger partial charge in [-0.1, -0.05) is 26.0 Å². The van der Waals surface area contributed by atoms with Crippen LogP contribution in [0.1, 0.15) is 31.0 Å². The van der Waals surface area contributed by atoms with Gasteiger partial charge in [0.25, 0.3) is 0 Å². The van der Waals surface area contributed by atoms with Crippen molar-refractivity contribution in [2.24, 2.45) is 4.99 Å². The lowest BCUT2D eigenvalue weighted by Crippen LogP contribution is -2.43. The van der Waals surface area contributed by atoms with Crippen molar-refractivity contribution in [2.45, 2.75) is 31.2 Å². The molecule has 0 fully saturated rings. The molecule has 2 N–H and O–H groups in total. The van der Waals surface area contributed by atoms with Crippen LogP contribution in [0, 0.1) is 0 Å². The Bertz CT molecular complexity index is 859. The smallest absolute Gasteiger partial charge is 0.191 e. The number of guanidine groups is 1. The van der Waals surface area contributed by atoms with Gasteiger partial charge in [0.05, 0.1) is 10.9 Å². The van der Waals surface area contributed by atoms with Crippen molar-refractivity contribution in [2.75, 3.05) is 39.5 Å². The van der Waals surface area contributed by atoms with Gasteiger partial charge in [-0.15, -0.1) is 0 Å². The molecule has 0 aliphatic rings. The van der Waals surface area contributed by atoms with Crippen LogP contribution in [-0.2, 0) is 16.3 Å². The molecule has 29 heavy (non-hydrogen) atoms. The molecular weight excluding hydrogens is 404 g/mol. The predicted octanol–water partition coefficient (Wildman–Crippen LogP) is 2.94. The van der Waals surface area contributed by atoms with E-state index in [0.29, 0.717) is 17.5 Å². The quantitative estimate of drug-likeness (QED) is 0.442. The van der Waals surface area contributed by atoms with Crippen molar-refractivity contribution in [3.8, 4) is 0 Å². The van der Waals surface area contributed by atoms with E-state index in [4.69, 9.17) is 0 Å². The van der Waals surface area contributed by atoms with Gasteiger partial charge in [0.1, 0.15) is 0 Å². The molecule has 1 heterocycles. The molecular formula is C21H32N4O2S2. The van der Waals surface area contributed by atoms with Crippen molar-refractivity contribution in [3.05, 3.63) is 52.2 Å². The fraction of sp³-hybridized carbons (Fsp3) is 0.476. The highest BCUT2D eigenvalue weighted by Gasteiger charge is 2.18. The fourth-order valence-corrected chi connectivity index (χ4v) is 4.57. The maximum Gasteiger partial charge on any atom is 0.191 e. The Morgan fingerprint density at radius 1 is 1.14 bits per heavy atom. The Hall–Kier alpha value is -1.90. The fourth-order valence-electron chi connectivity index (χ4n) is 3.23. The molecule has 0 aliphatic carbocycles. The molecule has 0 spiro atoms. The molecule has 2 aromatic rings. The number of sulfone groups is 1. The lowest BCUT2D eigenvalue weighted by molar-refractivity contribution is 0.219. The molecule has 1 atom stereocenters. The molecule has 0 aliphatic heterocycles. The first-order valence-electron chi connectivity index (χ1n) is 9.88. The van der Waals surface area contributed by atoms with Crippen LogP contribution in [0.25, 0.3) is 0 Å². The summed E-state index contributed by atoms with van der Waals surface area (Å²) < 4.78 is 23.1. The Labute approximate surface area is 179 Å². The minimum absolute atomic E-state index is 0.304. The molecule has 0 bridgehead atoms. The molecule has 1 unspecified atom stereocenters. The average molecular weight is 437 g/mol. The standard InChI is InChI=1S/C21H32N4O2S2/c1-5-25(6-2)20(18-12-14-28-16-18)15-24-21(22-3)23-13-11-17-7-9-19(10-8-17)29(4,26)27/h7-10,12,14,16,20H,5-6,11,13,15H2,1-4H3,(H2,22,23,24). The predicted molar refractivity (Wildman–Crippen MR) is 123 cm³/mol. The van der Waals surface area contributed by atoms with Crippen LogP contribution in [0.3, 0.4) is 0 Å². The SMILES string of the molecule is CCN(CC)C(CNC(=NC)NCCc1ccc(S(C)(=O)=O)cc1)c1ccsc1. The van der Waals surface area contributed by atoms with E-state index in [1.165, 1.54) is 11.8 Å². The first-order chi connectivity index (χ1) is 13.9. The Morgan fingerprint density at radius 3 is 2.34 bits per heavy atom. The van der Waals surface area contributed by atoms with Crippen molar-refractivity contribution < 1.29 is 8.42 Å². The van der Waals surface area contributed by atoms with Crippen LogP contribution in [-0.4, -0.2) is 58.8 Å². The summed E-state index contributed by atoms with van der Waals surface area (Å²) in [4.78, 5) is 7.11. The lowest BCUT2D eigenvalue weighted by atomic mass is 10.1. The summed E-state index contributed by atoms with van der Waals surface area (Å²) in [6.07, 6.45) is 2.01. The first kappa shape index (κ1) is 23.4. The van der Waals surface area contributed by atoms with Crippen molar-refractivity contribution >= 4 is 27.1 Å². The van der Waals surface area contributed by atoms with Gasteiger partial charge in [-0.25, -0.2) is 8.42 Å². The van der Waals surface area contributed by atoms with E-state index in [2.05, 4.69) is 51.2 Å². The van der Waals surface area contributed by atoms with E-state index in [-0.39, 0.29) is 0 Å². The van der Waals surface area contributed by atoms with E-state index >= 15 is 0 Å². The van der Waals surface area contributed by atoms with Gasteiger partial charge in [-0.3, -0.25) is 9.89 Å². The van der Waals surface area contributed by atoms with Gasteiger partial charge in [0.15, 0.2) is 15.8 Å². The third-order valence-corrected chi connectivity index (χ3v) is 6.76. The number of nitrogens with zero attached hydrogens (tertiary/aromatic N) is 2. The third-order valence-electron chi connectivity index (χ3n) is 4.93. The van der Waals surface area contributed by atoms with Gasteiger partial charge in [-0.05, 0) is 59.6 Å².